The third kappa shape index (κ3) is 6.09. The normalized spacial score (nSPS) is 12.0. The quantitative estimate of drug-likeness (QED) is 0.164. The summed E-state index contributed by atoms with van der Waals surface area (Å²) in [5.41, 5.74) is 12.2. The van der Waals surface area contributed by atoms with Crippen molar-refractivity contribution in [3.8, 4) is 56.1 Å². The molecular weight excluding hydrogens is 772 g/mol. The van der Waals surface area contributed by atoms with Crippen LogP contribution in [0.25, 0.3) is 99.8 Å². The van der Waals surface area contributed by atoms with Crippen molar-refractivity contribution in [2.75, 3.05) is 0 Å². The first-order chi connectivity index (χ1) is 30.2. The Morgan fingerprint density at radius 1 is 0.387 bits per heavy atom. The molecule has 0 unspecified atom stereocenters. The van der Waals surface area contributed by atoms with E-state index in [-0.39, 0.29) is 0 Å². The maximum atomic E-state index is 15.7. The van der Waals surface area contributed by atoms with Crippen molar-refractivity contribution in [2.45, 2.75) is 20.0 Å². The number of rotatable bonds is 6. The van der Waals surface area contributed by atoms with Crippen LogP contribution >= 0.6 is 0 Å². The molecule has 11 aromatic rings. The monoisotopic (exact) mass is 809 g/mol. The lowest BCUT2D eigenvalue weighted by atomic mass is 9.98. The van der Waals surface area contributed by atoms with Crippen LogP contribution in [0.4, 0.5) is 13.2 Å². The average molecular weight is 810 g/mol. The van der Waals surface area contributed by atoms with Gasteiger partial charge in [-0.3, -0.25) is 0 Å². The summed E-state index contributed by atoms with van der Waals surface area (Å²) in [6.07, 6.45) is -4.68. The van der Waals surface area contributed by atoms with Crippen molar-refractivity contribution in [2.24, 2.45) is 0 Å². The van der Waals surface area contributed by atoms with Gasteiger partial charge < -0.3 is 9.13 Å². The summed E-state index contributed by atoms with van der Waals surface area (Å²) in [4.78, 5) is 5.31. The van der Waals surface area contributed by atoms with Gasteiger partial charge >= 0.3 is 6.18 Å². The second-order valence-corrected chi connectivity index (χ2v) is 16.0. The number of aryl methyl sites for hydroxylation is 2. The molecule has 6 heteroatoms. The van der Waals surface area contributed by atoms with Gasteiger partial charge in [0.25, 0.3) is 0 Å². The van der Waals surface area contributed by atoms with Gasteiger partial charge in [-0.05, 0) is 95.8 Å². The third-order valence-corrected chi connectivity index (χ3v) is 12.2. The van der Waals surface area contributed by atoms with Gasteiger partial charge in [-0.2, -0.15) is 13.2 Å². The lowest BCUT2D eigenvalue weighted by Gasteiger charge is -2.22. The number of para-hydroxylation sites is 2. The van der Waals surface area contributed by atoms with E-state index in [1.807, 2.05) is 130 Å². The van der Waals surface area contributed by atoms with Gasteiger partial charge in [-0.1, -0.05) is 146 Å². The smallest absolute Gasteiger partial charge is 0.308 e. The molecule has 0 saturated heterocycles. The Morgan fingerprint density at radius 3 is 1.35 bits per heavy atom. The molecule has 8 aromatic carbocycles. The van der Waals surface area contributed by atoms with Gasteiger partial charge in [-0.25, -0.2) is 4.98 Å². The molecule has 0 aliphatic rings. The Kier molecular flexibility index (Phi) is 8.72. The van der Waals surface area contributed by atoms with Crippen LogP contribution in [-0.2, 0) is 6.18 Å². The first-order valence-corrected chi connectivity index (χ1v) is 20.7. The second-order valence-electron chi connectivity index (χ2n) is 16.0. The number of hydrogen-bond donors (Lipinski definition) is 0. The fourth-order valence-electron chi connectivity index (χ4n) is 9.32. The number of pyridine rings is 1. The first-order valence-electron chi connectivity index (χ1n) is 20.7. The molecule has 11 rings (SSSR count). The number of hydrogen-bond acceptors (Lipinski definition) is 1. The van der Waals surface area contributed by atoms with Gasteiger partial charge in [0.15, 0.2) is 0 Å². The molecule has 0 N–H and O–H groups in total. The molecule has 0 amide bonds. The minimum Gasteiger partial charge on any atom is -0.308 e. The standard InChI is InChI=1S/C56H38F3N3/c1-35-15-6-8-19-41(35)38-27-29-45-43-21-10-12-25-49(43)61(51(45)31-38)53-33-40(56(57,58)59)34-54(55(53)48-24-14-23-47(60-48)37-17-4-3-5-18-37)62-50-26-13-11-22-44(50)46-30-28-39(32-52(46)62)42-20-9-7-16-36(42)2/h3-34H,1-2H3. The Bertz CT molecular complexity index is 3350. The van der Waals surface area contributed by atoms with E-state index in [1.54, 1.807) is 0 Å². The summed E-state index contributed by atoms with van der Waals surface area (Å²) in [5.74, 6) is 0. The van der Waals surface area contributed by atoms with E-state index in [4.69, 9.17) is 4.98 Å². The molecule has 0 radical (unpaired) electrons. The SMILES string of the molecule is Cc1ccccc1-c1ccc2c3ccccc3n(-c3cc(C(F)(F)F)cc(-n4c5ccccc5c5ccc(-c6ccccc6C)cc54)c3-c3cccc(-c4ccccc4)n3)c2c1. The van der Waals surface area contributed by atoms with E-state index in [0.717, 1.165) is 82.6 Å². The number of fused-ring (bicyclic) bond motifs is 6. The lowest BCUT2D eigenvalue weighted by Crippen LogP contribution is -2.11. The Hall–Kier alpha value is -7.70. The van der Waals surface area contributed by atoms with Gasteiger partial charge in [0.05, 0.1) is 50.4 Å². The van der Waals surface area contributed by atoms with E-state index in [0.29, 0.717) is 28.3 Å². The van der Waals surface area contributed by atoms with Crippen LogP contribution in [0.15, 0.2) is 194 Å². The minimum absolute atomic E-state index is 0.377. The van der Waals surface area contributed by atoms with Crippen molar-refractivity contribution in [3.05, 3.63) is 211 Å². The molecule has 0 saturated carbocycles. The highest BCUT2D eigenvalue weighted by molar-refractivity contribution is 6.13. The summed E-state index contributed by atoms with van der Waals surface area (Å²) in [6.45, 7) is 4.15. The zero-order valence-corrected chi connectivity index (χ0v) is 34.0. The fourth-order valence-corrected chi connectivity index (χ4v) is 9.32. The van der Waals surface area contributed by atoms with Crippen molar-refractivity contribution < 1.29 is 13.2 Å². The molecule has 3 heterocycles. The van der Waals surface area contributed by atoms with Gasteiger partial charge in [-0.15, -0.1) is 0 Å². The lowest BCUT2D eigenvalue weighted by molar-refractivity contribution is -0.137. The molecule has 298 valence electrons. The fraction of sp³-hybridized carbons (Fsp3) is 0.0536. The predicted octanol–water partition coefficient (Wildman–Crippen LogP) is 15.6. The van der Waals surface area contributed by atoms with Crippen molar-refractivity contribution in [1.82, 2.24) is 14.1 Å². The largest absolute Gasteiger partial charge is 0.416 e. The molecule has 0 aliphatic carbocycles. The van der Waals surface area contributed by atoms with E-state index >= 15 is 13.2 Å². The Labute approximate surface area is 356 Å². The van der Waals surface area contributed by atoms with Gasteiger partial charge in [0.2, 0.25) is 0 Å². The number of nitrogens with zero attached hydrogens (tertiary/aromatic N) is 3. The molecule has 3 nitrogen and oxygen atoms in total. The zero-order chi connectivity index (χ0) is 42.1. The summed E-state index contributed by atoms with van der Waals surface area (Å²) >= 11 is 0. The van der Waals surface area contributed by atoms with Crippen LogP contribution in [0.5, 0.6) is 0 Å². The summed E-state index contributed by atoms with van der Waals surface area (Å²) in [6, 6.07) is 63.3. The summed E-state index contributed by atoms with van der Waals surface area (Å²) < 4.78 is 51.2. The number of benzene rings is 8. The summed E-state index contributed by atoms with van der Waals surface area (Å²) in [7, 11) is 0. The van der Waals surface area contributed by atoms with E-state index in [1.165, 1.54) is 12.1 Å². The highest BCUT2D eigenvalue weighted by atomic mass is 19.4. The first kappa shape index (κ1) is 37.3. The third-order valence-electron chi connectivity index (χ3n) is 12.2. The molecule has 3 aromatic heterocycles. The van der Waals surface area contributed by atoms with Crippen LogP contribution in [0, 0.1) is 13.8 Å². The average Bonchev–Trinajstić information content (AvgIpc) is 3.81. The molecule has 0 spiro atoms. The van der Waals surface area contributed by atoms with Crippen molar-refractivity contribution >= 4 is 43.6 Å². The zero-order valence-electron chi connectivity index (χ0n) is 34.0. The van der Waals surface area contributed by atoms with Gasteiger partial charge in [0.1, 0.15) is 0 Å². The maximum absolute atomic E-state index is 15.7. The minimum atomic E-state index is -4.68. The topological polar surface area (TPSA) is 22.8 Å². The number of halogens is 3. The van der Waals surface area contributed by atoms with E-state index in [2.05, 4.69) is 74.5 Å². The van der Waals surface area contributed by atoms with Crippen LogP contribution in [0.1, 0.15) is 16.7 Å². The maximum Gasteiger partial charge on any atom is 0.416 e. The second kappa shape index (κ2) is 14.5. The summed E-state index contributed by atoms with van der Waals surface area (Å²) in [5, 5.41) is 3.76. The Balaban J connectivity index is 1.32. The number of alkyl halides is 3. The molecular formula is C56H38F3N3. The van der Waals surface area contributed by atoms with Crippen LogP contribution in [0.3, 0.4) is 0 Å². The van der Waals surface area contributed by atoms with Crippen LogP contribution < -0.4 is 0 Å². The van der Waals surface area contributed by atoms with Gasteiger partial charge in [0, 0.05) is 32.7 Å². The van der Waals surface area contributed by atoms with Crippen LogP contribution in [0.2, 0.25) is 0 Å². The Morgan fingerprint density at radius 2 is 0.839 bits per heavy atom. The molecule has 0 aliphatic heterocycles. The van der Waals surface area contributed by atoms with Crippen molar-refractivity contribution in [1.29, 1.82) is 0 Å². The molecule has 62 heavy (non-hydrogen) atoms. The number of aromatic nitrogens is 3. The molecule has 0 bridgehead atoms. The highest BCUT2D eigenvalue weighted by Gasteiger charge is 2.35. The molecule has 0 atom stereocenters. The highest BCUT2D eigenvalue weighted by Crippen LogP contribution is 2.46. The van der Waals surface area contributed by atoms with E-state index < -0.39 is 11.7 Å². The predicted molar refractivity (Wildman–Crippen MR) is 249 cm³/mol. The molecule has 0 fully saturated rings. The van der Waals surface area contributed by atoms with Crippen molar-refractivity contribution in [3.63, 3.8) is 0 Å². The van der Waals surface area contributed by atoms with Crippen LogP contribution in [-0.4, -0.2) is 14.1 Å². The van der Waals surface area contributed by atoms with E-state index in [9.17, 15) is 0 Å².